The van der Waals surface area contributed by atoms with Gasteiger partial charge in [0.15, 0.2) is 0 Å². The van der Waals surface area contributed by atoms with E-state index < -0.39 is 0 Å². The van der Waals surface area contributed by atoms with Crippen molar-refractivity contribution in [3.63, 3.8) is 0 Å². The molecule has 0 saturated heterocycles. The van der Waals surface area contributed by atoms with Crippen LogP contribution >= 0.6 is 0 Å². The molecule has 0 radical (unpaired) electrons. The maximum atomic E-state index is 11.9. The first-order valence-electron chi connectivity index (χ1n) is 6.67. The Morgan fingerprint density at radius 1 is 1.21 bits per heavy atom. The SMILES string of the molecule is CC(CCN)C(=O)NCc1cccc2ccccc12. The van der Waals surface area contributed by atoms with E-state index in [2.05, 4.69) is 29.6 Å². The molecule has 0 aliphatic rings. The normalized spacial score (nSPS) is 12.3. The van der Waals surface area contributed by atoms with Crippen LogP contribution in [0.25, 0.3) is 10.8 Å². The van der Waals surface area contributed by atoms with E-state index >= 15 is 0 Å². The van der Waals surface area contributed by atoms with Gasteiger partial charge >= 0.3 is 0 Å². The number of carbonyl (C=O) groups is 1. The third-order valence-electron chi connectivity index (χ3n) is 3.38. The van der Waals surface area contributed by atoms with Crippen LogP contribution in [-0.2, 0) is 11.3 Å². The molecule has 0 aliphatic heterocycles. The maximum absolute atomic E-state index is 11.9. The quantitative estimate of drug-likeness (QED) is 0.863. The van der Waals surface area contributed by atoms with E-state index in [-0.39, 0.29) is 11.8 Å². The second-order valence-corrected chi connectivity index (χ2v) is 4.83. The topological polar surface area (TPSA) is 55.1 Å². The molecule has 0 spiro atoms. The van der Waals surface area contributed by atoms with Crippen LogP contribution in [-0.4, -0.2) is 12.5 Å². The highest BCUT2D eigenvalue weighted by molar-refractivity contribution is 5.86. The lowest BCUT2D eigenvalue weighted by Crippen LogP contribution is -2.30. The number of nitrogens with two attached hydrogens (primary N) is 1. The first-order chi connectivity index (χ1) is 9.22. The molecule has 0 bridgehead atoms. The lowest BCUT2D eigenvalue weighted by molar-refractivity contribution is -0.124. The molecule has 1 atom stereocenters. The van der Waals surface area contributed by atoms with Gasteiger partial charge in [-0.15, -0.1) is 0 Å². The third kappa shape index (κ3) is 3.32. The van der Waals surface area contributed by atoms with E-state index in [1.165, 1.54) is 10.8 Å². The lowest BCUT2D eigenvalue weighted by Gasteiger charge is -2.12. The molecule has 3 N–H and O–H groups in total. The zero-order valence-electron chi connectivity index (χ0n) is 11.2. The van der Waals surface area contributed by atoms with Crippen molar-refractivity contribution in [2.75, 3.05) is 6.54 Å². The molecular formula is C16H20N2O. The summed E-state index contributed by atoms with van der Waals surface area (Å²) < 4.78 is 0. The Morgan fingerprint density at radius 3 is 2.74 bits per heavy atom. The Labute approximate surface area is 113 Å². The van der Waals surface area contributed by atoms with Gasteiger partial charge in [-0.3, -0.25) is 4.79 Å². The Bertz CT molecular complexity index is 560. The number of hydrogen-bond acceptors (Lipinski definition) is 2. The molecular weight excluding hydrogens is 236 g/mol. The molecule has 3 nitrogen and oxygen atoms in total. The number of hydrogen-bond donors (Lipinski definition) is 2. The number of benzene rings is 2. The molecule has 0 aliphatic carbocycles. The molecule has 1 amide bonds. The Morgan fingerprint density at radius 2 is 1.95 bits per heavy atom. The van der Waals surface area contributed by atoms with Gasteiger partial charge in [0, 0.05) is 12.5 Å². The van der Waals surface area contributed by atoms with E-state index in [0.717, 1.165) is 12.0 Å². The minimum absolute atomic E-state index is 0.0278. The summed E-state index contributed by atoms with van der Waals surface area (Å²) in [6.07, 6.45) is 0.724. The second kappa shape index (κ2) is 6.34. The van der Waals surface area contributed by atoms with Gasteiger partial charge in [0.2, 0.25) is 5.91 Å². The summed E-state index contributed by atoms with van der Waals surface area (Å²) in [5.41, 5.74) is 6.61. The standard InChI is InChI=1S/C16H20N2O/c1-12(9-10-17)16(19)18-11-14-7-4-6-13-5-2-3-8-15(13)14/h2-8,12H,9-11,17H2,1H3,(H,18,19). The fraction of sp³-hybridized carbons (Fsp3) is 0.312. The van der Waals surface area contributed by atoms with E-state index in [1.807, 2.05) is 25.1 Å². The summed E-state index contributed by atoms with van der Waals surface area (Å²) in [4.78, 5) is 11.9. The van der Waals surface area contributed by atoms with Crippen molar-refractivity contribution < 1.29 is 4.79 Å². The smallest absolute Gasteiger partial charge is 0.223 e. The molecule has 3 heteroatoms. The minimum Gasteiger partial charge on any atom is -0.352 e. The summed E-state index contributed by atoms with van der Waals surface area (Å²) in [5.74, 6) is 0.0401. The van der Waals surface area contributed by atoms with Gasteiger partial charge in [-0.2, -0.15) is 0 Å². The summed E-state index contributed by atoms with van der Waals surface area (Å²) in [6, 6.07) is 14.4. The molecule has 1 unspecified atom stereocenters. The highest BCUT2D eigenvalue weighted by Gasteiger charge is 2.11. The van der Waals surface area contributed by atoms with Crippen LogP contribution in [0.1, 0.15) is 18.9 Å². The van der Waals surface area contributed by atoms with Crippen molar-refractivity contribution in [1.82, 2.24) is 5.32 Å². The Kier molecular flexibility index (Phi) is 4.53. The van der Waals surface area contributed by atoms with Crippen LogP contribution in [0.15, 0.2) is 42.5 Å². The minimum atomic E-state index is -0.0278. The number of rotatable bonds is 5. The van der Waals surface area contributed by atoms with Crippen molar-refractivity contribution in [3.05, 3.63) is 48.0 Å². The van der Waals surface area contributed by atoms with Crippen LogP contribution < -0.4 is 11.1 Å². The van der Waals surface area contributed by atoms with Gasteiger partial charge in [0.25, 0.3) is 0 Å². The molecule has 0 fully saturated rings. The largest absolute Gasteiger partial charge is 0.352 e. The van der Waals surface area contributed by atoms with Gasteiger partial charge in [-0.25, -0.2) is 0 Å². The average Bonchev–Trinajstić information content (AvgIpc) is 2.45. The van der Waals surface area contributed by atoms with Crippen LogP contribution in [0.4, 0.5) is 0 Å². The zero-order chi connectivity index (χ0) is 13.7. The van der Waals surface area contributed by atoms with Crippen molar-refractivity contribution >= 4 is 16.7 Å². The first kappa shape index (κ1) is 13.6. The van der Waals surface area contributed by atoms with E-state index in [9.17, 15) is 4.79 Å². The summed E-state index contributed by atoms with van der Waals surface area (Å²) >= 11 is 0. The fourth-order valence-corrected chi connectivity index (χ4v) is 2.18. The summed E-state index contributed by atoms with van der Waals surface area (Å²) in [5, 5.41) is 5.37. The Balaban J connectivity index is 2.08. The Hall–Kier alpha value is -1.87. The van der Waals surface area contributed by atoms with Crippen LogP contribution in [0.5, 0.6) is 0 Å². The van der Waals surface area contributed by atoms with Gasteiger partial charge < -0.3 is 11.1 Å². The second-order valence-electron chi connectivity index (χ2n) is 4.83. The van der Waals surface area contributed by atoms with E-state index in [1.54, 1.807) is 0 Å². The highest BCUT2D eigenvalue weighted by Crippen LogP contribution is 2.18. The van der Waals surface area contributed by atoms with Crippen LogP contribution in [0.3, 0.4) is 0 Å². The molecule has 2 rings (SSSR count). The molecule has 2 aromatic carbocycles. The monoisotopic (exact) mass is 256 g/mol. The zero-order valence-corrected chi connectivity index (χ0v) is 11.2. The predicted molar refractivity (Wildman–Crippen MR) is 78.6 cm³/mol. The molecule has 0 saturated carbocycles. The average molecular weight is 256 g/mol. The lowest BCUT2D eigenvalue weighted by atomic mass is 10.0. The van der Waals surface area contributed by atoms with Crippen LogP contribution in [0, 0.1) is 5.92 Å². The van der Waals surface area contributed by atoms with Crippen LogP contribution in [0.2, 0.25) is 0 Å². The molecule has 100 valence electrons. The van der Waals surface area contributed by atoms with E-state index in [0.29, 0.717) is 13.1 Å². The third-order valence-corrected chi connectivity index (χ3v) is 3.38. The fourth-order valence-electron chi connectivity index (χ4n) is 2.18. The van der Waals surface area contributed by atoms with Crippen molar-refractivity contribution in [1.29, 1.82) is 0 Å². The number of carbonyl (C=O) groups excluding carboxylic acids is 1. The number of fused-ring (bicyclic) bond motifs is 1. The van der Waals surface area contributed by atoms with E-state index in [4.69, 9.17) is 5.73 Å². The van der Waals surface area contributed by atoms with Gasteiger partial charge in [0.05, 0.1) is 0 Å². The first-order valence-corrected chi connectivity index (χ1v) is 6.67. The highest BCUT2D eigenvalue weighted by atomic mass is 16.1. The molecule has 19 heavy (non-hydrogen) atoms. The van der Waals surface area contributed by atoms with Gasteiger partial charge in [-0.1, -0.05) is 49.4 Å². The maximum Gasteiger partial charge on any atom is 0.223 e. The van der Waals surface area contributed by atoms with Crippen molar-refractivity contribution in [3.8, 4) is 0 Å². The molecule has 0 heterocycles. The van der Waals surface area contributed by atoms with Crippen molar-refractivity contribution in [2.24, 2.45) is 11.7 Å². The number of amides is 1. The van der Waals surface area contributed by atoms with Crippen molar-refractivity contribution in [2.45, 2.75) is 19.9 Å². The summed E-state index contributed by atoms with van der Waals surface area (Å²) in [7, 11) is 0. The predicted octanol–water partition coefficient (Wildman–Crippen LogP) is 2.44. The van der Waals surface area contributed by atoms with Gasteiger partial charge in [-0.05, 0) is 29.3 Å². The molecule has 0 aromatic heterocycles. The number of nitrogens with one attached hydrogen (secondary N) is 1. The van der Waals surface area contributed by atoms with Gasteiger partial charge in [0.1, 0.15) is 0 Å². The molecule has 2 aromatic rings. The summed E-state index contributed by atoms with van der Waals surface area (Å²) in [6.45, 7) is 3.02.